The van der Waals surface area contributed by atoms with Gasteiger partial charge in [-0.05, 0) is 30.7 Å². The highest BCUT2D eigenvalue weighted by atomic mass is 16.5. The number of para-hydroxylation sites is 2. The van der Waals surface area contributed by atoms with Crippen LogP contribution in [0.3, 0.4) is 0 Å². The molecule has 4 heteroatoms. The van der Waals surface area contributed by atoms with Crippen molar-refractivity contribution in [3.8, 4) is 11.4 Å². The van der Waals surface area contributed by atoms with Crippen molar-refractivity contribution in [3.63, 3.8) is 0 Å². The van der Waals surface area contributed by atoms with Crippen LogP contribution in [0.4, 0.5) is 0 Å². The maximum absolute atomic E-state index is 11.1. The first kappa shape index (κ1) is 15.0. The van der Waals surface area contributed by atoms with Gasteiger partial charge in [0.15, 0.2) is 0 Å². The number of fused-ring (bicyclic) bond motifs is 1. The summed E-state index contributed by atoms with van der Waals surface area (Å²) in [7, 11) is 1.37. The number of nitrogens with zero attached hydrogens (tertiary/aromatic N) is 2. The summed E-state index contributed by atoms with van der Waals surface area (Å²) in [5, 5.41) is 0. The van der Waals surface area contributed by atoms with Gasteiger partial charge in [-0.25, -0.2) is 9.78 Å². The Hall–Kier alpha value is -2.88. The Labute approximate surface area is 135 Å². The molecule has 0 spiro atoms. The van der Waals surface area contributed by atoms with Gasteiger partial charge in [-0.3, -0.25) is 0 Å². The Balaban J connectivity index is 1.96. The summed E-state index contributed by atoms with van der Waals surface area (Å²) in [6, 6.07) is 16.1. The highest BCUT2D eigenvalue weighted by Gasteiger charge is 2.10. The third kappa shape index (κ3) is 3.01. The maximum Gasteiger partial charge on any atom is 0.330 e. The zero-order valence-electron chi connectivity index (χ0n) is 13.2. The molecule has 0 fully saturated rings. The minimum Gasteiger partial charge on any atom is -0.466 e. The minimum atomic E-state index is -0.359. The molecule has 0 N–H and O–H groups in total. The van der Waals surface area contributed by atoms with E-state index in [1.807, 2.05) is 42.5 Å². The second-order valence-electron chi connectivity index (χ2n) is 5.15. The fourth-order valence-corrected chi connectivity index (χ4v) is 2.59. The van der Waals surface area contributed by atoms with E-state index in [0.29, 0.717) is 0 Å². The summed E-state index contributed by atoms with van der Waals surface area (Å²) in [6.45, 7) is 2.98. The number of hydrogen-bond acceptors (Lipinski definition) is 3. The summed E-state index contributed by atoms with van der Waals surface area (Å²) in [5.41, 5.74) is 4.13. The van der Waals surface area contributed by atoms with Crippen molar-refractivity contribution < 1.29 is 9.53 Å². The van der Waals surface area contributed by atoms with Crippen molar-refractivity contribution in [2.24, 2.45) is 0 Å². The second kappa shape index (κ2) is 6.48. The molecule has 0 aliphatic carbocycles. The van der Waals surface area contributed by atoms with Crippen molar-refractivity contribution >= 4 is 23.1 Å². The molecule has 23 heavy (non-hydrogen) atoms. The van der Waals surface area contributed by atoms with Crippen LogP contribution in [0, 0.1) is 0 Å². The molecule has 0 amide bonds. The fraction of sp³-hybridized carbons (Fsp3) is 0.158. The van der Waals surface area contributed by atoms with Crippen LogP contribution in [-0.4, -0.2) is 22.6 Å². The van der Waals surface area contributed by atoms with Crippen molar-refractivity contribution in [2.45, 2.75) is 13.5 Å². The molecule has 1 heterocycles. The average Bonchev–Trinajstić information content (AvgIpc) is 2.98. The Morgan fingerprint density at radius 3 is 2.61 bits per heavy atom. The number of methoxy groups -OCH3 is 1. The van der Waals surface area contributed by atoms with Gasteiger partial charge in [0.2, 0.25) is 0 Å². The fourth-order valence-electron chi connectivity index (χ4n) is 2.59. The van der Waals surface area contributed by atoms with Gasteiger partial charge in [0.05, 0.1) is 18.1 Å². The Kier molecular flexibility index (Phi) is 4.24. The van der Waals surface area contributed by atoms with Crippen LogP contribution >= 0.6 is 0 Å². The van der Waals surface area contributed by atoms with E-state index >= 15 is 0 Å². The van der Waals surface area contributed by atoms with Gasteiger partial charge < -0.3 is 9.30 Å². The number of hydrogen-bond donors (Lipinski definition) is 0. The molecule has 0 aliphatic heterocycles. The van der Waals surface area contributed by atoms with E-state index in [-0.39, 0.29) is 5.97 Å². The summed E-state index contributed by atoms with van der Waals surface area (Å²) in [5.74, 6) is 0.596. The average molecular weight is 306 g/mol. The van der Waals surface area contributed by atoms with E-state index in [0.717, 1.165) is 34.5 Å². The summed E-state index contributed by atoms with van der Waals surface area (Å²) in [4.78, 5) is 15.9. The molecular formula is C19H18N2O2. The van der Waals surface area contributed by atoms with Gasteiger partial charge >= 0.3 is 5.97 Å². The summed E-state index contributed by atoms with van der Waals surface area (Å²) < 4.78 is 6.79. The zero-order chi connectivity index (χ0) is 16.2. The Morgan fingerprint density at radius 1 is 1.17 bits per heavy atom. The van der Waals surface area contributed by atoms with E-state index in [4.69, 9.17) is 4.98 Å². The van der Waals surface area contributed by atoms with E-state index in [9.17, 15) is 4.79 Å². The van der Waals surface area contributed by atoms with Crippen LogP contribution in [0.25, 0.3) is 28.5 Å². The van der Waals surface area contributed by atoms with Crippen molar-refractivity contribution in [1.82, 2.24) is 9.55 Å². The molecule has 116 valence electrons. The van der Waals surface area contributed by atoms with Gasteiger partial charge in [-0.15, -0.1) is 0 Å². The number of rotatable bonds is 4. The zero-order valence-corrected chi connectivity index (χ0v) is 13.2. The molecule has 0 atom stereocenters. The van der Waals surface area contributed by atoms with Crippen LogP contribution in [-0.2, 0) is 16.1 Å². The van der Waals surface area contributed by atoms with Crippen LogP contribution in [0.15, 0.2) is 54.6 Å². The lowest BCUT2D eigenvalue weighted by atomic mass is 10.1. The topological polar surface area (TPSA) is 44.1 Å². The van der Waals surface area contributed by atoms with Crippen molar-refractivity contribution in [1.29, 1.82) is 0 Å². The predicted molar refractivity (Wildman–Crippen MR) is 91.9 cm³/mol. The molecule has 2 aromatic carbocycles. The number of carbonyl (C=O) groups excluding carboxylic acids is 1. The third-order valence-corrected chi connectivity index (χ3v) is 3.75. The highest BCUT2D eigenvalue weighted by Crippen LogP contribution is 2.25. The molecule has 0 aliphatic rings. The van der Waals surface area contributed by atoms with E-state index in [1.54, 1.807) is 6.08 Å². The van der Waals surface area contributed by atoms with Gasteiger partial charge in [-0.1, -0.05) is 36.4 Å². The molecule has 0 saturated heterocycles. The first-order valence-electron chi connectivity index (χ1n) is 7.54. The number of aryl methyl sites for hydroxylation is 1. The number of ether oxygens (including phenoxy) is 1. The number of imidazole rings is 1. The highest BCUT2D eigenvalue weighted by molar-refractivity contribution is 5.87. The molecule has 0 unspecified atom stereocenters. The van der Waals surface area contributed by atoms with Crippen LogP contribution < -0.4 is 0 Å². The van der Waals surface area contributed by atoms with E-state index in [1.165, 1.54) is 13.2 Å². The van der Waals surface area contributed by atoms with E-state index < -0.39 is 0 Å². The molecule has 0 saturated carbocycles. The molecule has 4 nitrogen and oxygen atoms in total. The smallest absolute Gasteiger partial charge is 0.330 e. The Morgan fingerprint density at radius 2 is 1.91 bits per heavy atom. The predicted octanol–water partition coefficient (Wildman–Crippen LogP) is 3.91. The molecule has 3 rings (SSSR count). The monoisotopic (exact) mass is 306 g/mol. The van der Waals surface area contributed by atoms with Gasteiger partial charge in [0.25, 0.3) is 0 Å². The normalized spacial score (nSPS) is 11.2. The third-order valence-electron chi connectivity index (χ3n) is 3.75. The molecule has 3 aromatic rings. The van der Waals surface area contributed by atoms with Gasteiger partial charge in [0.1, 0.15) is 5.82 Å². The van der Waals surface area contributed by atoms with Crippen LogP contribution in [0.1, 0.15) is 12.5 Å². The maximum atomic E-state index is 11.1. The number of carbonyl (C=O) groups is 1. The van der Waals surface area contributed by atoms with E-state index in [2.05, 4.69) is 22.3 Å². The first-order chi connectivity index (χ1) is 11.2. The van der Waals surface area contributed by atoms with Crippen molar-refractivity contribution in [2.75, 3.05) is 7.11 Å². The first-order valence-corrected chi connectivity index (χ1v) is 7.54. The Bertz CT molecular complexity index is 861. The standard InChI is InChI=1S/C19H18N2O2/c1-3-21-17-7-5-4-6-16(17)20-19(21)15-11-8-14(9-12-15)10-13-18(22)23-2/h4-13H,3H2,1-2H3/b13-10+. The van der Waals surface area contributed by atoms with Crippen LogP contribution in [0.2, 0.25) is 0 Å². The molecule has 0 bridgehead atoms. The lowest BCUT2D eigenvalue weighted by Crippen LogP contribution is -1.97. The lowest BCUT2D eigenvalue weighted by Gasteiger charge is -2.06. The molecular weight excluding hydrogens is 288 g/mol. The number of benzene rings is 2. The molecule has 0 radical (unpaired) electrons. The van der Waals surface area contributed by atoms with Crippen LogP contribution in [0.5, 0.6) is 0 Å². The lowest BCUT2D eigenvalue weighted by molar-refractivity contribution is -0.134. The quantitative estimate of drug-likeness (QED) is 0.542. The number of esters is 1. The molecule has 1 aromatic heterocycles. The summed E-state index contributed by atoms with van der Waals surface area (Å²) in [6.07, 6.45) is 3.15. The second-order valence-corrected chi connectivity index (χ2v) is 5.15. The summed E-state index contributed by atoms with van der Waals surface area (Å²) >= 11 is 0. The largest absolute Gasteiger partial charge is 0.466 e. The number of aromatic nitrogens is 2. The van der Waals surface area contributed by atoms with Crippen molar-refractivity contribution in [3.05, 3.63) is 60.2 Å². The SMILES string of the molecule is CCn1c(-c2ccc(/C=C/C(=O)OC)cc2)nc2ccccc21. The van der Waals surface area contributed by atoms with Gasteiger partial charge in [0, 0.05) is 18.2 Å². The van der Waals surface area contributed by atoms with Gasteiger partial charge in [-0.2, -0.15) is 0 Å². The minimum absolute atomic E-state index is 0.359.